The first kappa shape index (κ1) is 13.8. The minimum Gasteiger partial charge on any atom is -0.378 e. The van der Waals surface area contributed by atoms with Crippen LogP contribution in [0.25, 0.3) is 0 Å². The van der Waals surface area contributed by atoms with Gasteiger partial charge in [0.15, 0.2) is 0 Å². The Bertz CT molecular complexity index is 453. The summed E-state index contributed by atoms with van der Waals surface area (Å²) >= 11 is 9.39. The summed E-state index contributed by atoms with van der Waals surface area (Å²) in [5.41, 5.74) is 0.498. The van der Waals surface area contributed by atoms with Gasteiger partial charge < -0.3 is 10.1 Å². The molecule has 1 amide bonds. The highest BCUT2D eigenvalue weighted by molar-refractivity contribution is 9.10. The lowest BCUT2D eigenvalue weighted by atomic mass is 10.0. The second-order valence-corrected chi connectivity index (χ2v) is 5.67. The molecule has 1 aromatic carbocycles. The quantitative estimate of drug-likeness (QED) is 0.922. The van der Waals surface area contributed by atoms with Gasteiger partial charge in [-0.2, -0.15) is 0 Å². The predicted molar refractivity (Wildman–Crippen MR) is 75.0 cm³/mol. The number of carbonyl (C=O) groups excluding carboxylic acids is 1. The van der Waals surface area contributed by atoms with Gasteiger partial charge in [0, 0.05) is 23.5 Å². The van der Waals surface area contributed by atoms with E-state index in [1.807, 2.05) is 13.0 Å². The molecule has 0 bridgehead atoms. The van der Waals surface area contributed by atoms with Crippen molar-refractivity contribution in [2.75, 3.05) is 13.2 Å². The van der Waals surface area contributed by atoms with Gasteiger partial charge in [0.2, 0.25) is 0 Å². The molecule has 1 aliphatic heterocycles. The molecule has 1 fully saturated rings. The van der Waals surface area contributed by atoms with E-state index in [1.165, 1.54) is 0 Å². The number of hydrogen-bond acceptors (Lipinski definition) is 2. The fourth-order valence-corrected chi connectivity index (χ4v) is 2.62. The molecule has 0 aliphatic carbocycles. The molecule has 1 aliphatic rings. The average Bonchev–Trinajstić information content (AvgIpc) is 2.75. The van der Waals surface area contributed by atoms with Crippen LogP contribution < -0.4 is 5.32 Å². The van der Waals surface area contributed by atoms with Gasteiger partial charge in [0.05, 0.1) is 16.7 Å². The van der Waals surface area contributed by atoms with E-state index >= 15 is 0 Å². The molecular formula is C13H15BrClNO2. The van der Waals surface area contributed by atoms with Crippen molar-refractivity contribution in [2.24, 2.45) is 5.92 Å². The maximum absolute atomic E-state index is 12.0. The lowest BCUT2D eigenvalue weighted by Gasteiger charge is -2.15. The van der Waals surface area contributed by atoms with Crippen LogP contribution in [0.5, 0.6) is 0 Å². The van der Waals surface area contributed by atoms with E-state index in [9.17, 15) is 4.79 Å². The summed E-state index contributed by atoms with van der Waals surface area (Å²) in [6, 6.07) is 5.33. The standard InChI is InChI=1S/C13H15BrClNO2/c1-8-9(5-6-18-8)7-16-13(17)10-3-2-4-11(14)12(10)15/h2-4,8-9H,5-7H2,1H3,(H,16,17). The fraction of sp³-hybridized carbons (Fsp3) is 0.462. The highest BCUT2D eigenvalue weighted by atomic mass is 79.9. The van der Waals surface area contributed by atoms with Crippen LogP contribution in [-0.4, -0.2) is 25.2 Å². The number of ether oxygens (including phenoxy) is 1. The Balaban J connectivity index is 1.97. The summed E-state index contributed by atoms with van der Waals surface area (Å²) in [7, 11) is 0. The zero-order valence-electron chi connectivity index (χ0n) is 10.1. The molecule has 1 heterocycles. The number of rotatable bonds is 3. The van der Waals surface area contributed by atoms with Gasteiger partial charge in [0.1, 0.15) is 0 Å². The summed E-state index contributed by atoms with van der Waals surface area (Å²) in [6.45, 7) is 3.44. The van der Waals surface area contributed by atoms with Crippen molar-refractivity contribution in [1.29, 1.82) is 0 Å². The minimum atomic E-state index is -0.139. The largest absolute Gasteiger partial charge is 0.378 e. The number of carbonyl (C=O) groups is 1. The molecule has 0 aromatic heterocycles. The van der Waals surface area contributed by atoms with E-state index in [-0.39, 0.29) is 12.0 Å². The van der Waals surface area contributed by atoms with Gasteiger partial charge in [-0.05, 0) is 41.4 Å². The summed E-state index contributed by atoms with van der Waals surface area (Å²) in [6.07, 6.45) is 1.21. The molecule has 2 rings (SSSR count). The second kappa shape index (κ2) is 6.04. The smallest absolute Gasteiger partial charge is 0.252 e. The van der Waals surface area contributed by atoms with Crippen LogP contribution in [0.2, 0.25) is 5.02 Å². The van der Waals surface area contributed by atoms with Crippen molar-refractivity contribution in [3.63, 3.8) is 0 Å². The van der Waals surface area contributed by atoms with Gasteiger partial charge in [-0.3, -0.25) is 4.79 Å². The minimum absolute atomic E-state index is 0.139. The zero-order valence-corrected chi connectivity index (χ0v) is 12.4. The molecule has 1 saturated heterocycles. The van der Waals surface area contributed by atoms with Crippen molar-refractivity contribution < 1.29 is 9.53 Å². The molecule has 98 valence electrons. The number of amides is 1. The predicted octanol–water partition coefficient (Wildman–Crippen LogP) is 3.26. The molecule has 0 radical (unpaired) electrons. The molecule has 0 saturated carbocycles. The van der Waals surface area contributed by atoms with Crippen LogP contribution in [-0.2, 0) is 4.74 Å². The zero-order chi connectivity index (χ0) is 13.1. The summed E-state index contributed by atoms with van der Waals surface area (Å²) in [5, 5.41) is 3.36. The van der Waals surface area contributed by atoms with Gasteiger partial charge >= 0.3 is 0 Å². The average molecular weight is 333 g/mol. The second-order valence-electron chi connectivity index (χ2n) is 4.44. The van der Waals surface area contributed by atoms with E-state index in [4.69, 9.17) is 16.3 Å². The van der Waals surface area contributed by atoms with Crippen LogP contribution in [0.1, 0.15) is 23.7 Å². The Morgan fingerprint density at radius 2 is 2.39 bits per heavy atom. The van der Waals surface area contributed by atoms with Gasteiger partial charge in [-0.15, -0.1) is 0 Å². The molecule has 0 spiro atoms. The number of hydrogen-bond donors (Lipinski definition) is 1. The highest BCUT2D eigenvalue weighted by Crippen LogP contribution is 2.26. The maximum atomic E-state index is 12.0. The van der Waals surface area contributed by atoms with Crippen LogP contribution >= 0.6 is 27.5 Å². The van der Waals surface area contributed by atoms with E-state index in [0.717, 1.165) is 17.5 Å². The Labute approximate surface area is 120 Å². The highest BCUT2D eigenvalue weighted by Gasteiger charge is 2.24. The van der Waals surface area contributed by atoms with Crippen LogP contribution in [0.4, 0.5) is 0 Å². The van der Waals surface area contributed by atoms with E-state index < -0.39 is 0 Å². The number of benzene rings is 1. The Hall–Kier alpha value is -0.580. The number of nitrogens with one attached hydrogen (secondary N) is 1. The van der Waals surface area contributed by atoms with Gasteiger partial charge in [0.25, 0.3) is 5.91 Å². The Morgan fingerprint density at radius 1 is 1.61 bits per heavy atom. The maximum Gasteiger partial charge on any atom is 0.252 e. The van der Waals surface area contributed by atoms with E-state index in [1.54, 1.807) is 12.1 Å². The normalized spacial score (nSPS) is 23.1. The topological polar surface area (TPSA) is 38.3 Å². The summed E-state index contributed by atoms with van der Waals surface area (Å²) in [5.74, 6) is 0.250. The van der Waals surface area contributed by atoms with Crippen LogP contribution in [0, 0.1) is 5.92 Å². The molecule has 1 aromatic rings. The summed E-state index contributed by atoms with van der Waals surface area (Å²) < 4.78 is 6.19. The summed E-state index contributed by atoms with van der Waals surface area (Å²) in [4.78, 5) is 12.0. The molecule has 18 heavy (non-hydrogen) atoms. The number of halogens is 2. The van der Waals surface area contributed by atoms with Gasteiger partial charge in [-0.25, -0.2) is 0 Å². The van der Waals surface area contributed by atoms with E-state index in [0.29, 0.717) is 23.0 Å². The Kier molecular flexibility index (Phi) is 4.65. The van der Waals surface area contributed by atoms with Crippen molar-refractivity contribution in [1.82, 2.24) is 5.32 Å². The van der Waals surface area contributed by atoms with Crippen LogP contribution in [0.15, 0.2) is 22.7 Å². The molecule has 2 atom stereocenters. The third-order valence-electron chi connectivity index (χ3n) is 3.25. The Morgan fingerprint density at radius 3 is 3.06 bits per heavy atom. The van der Waals surface area contributed by atoms with Gasteiger partial charge in [-0.1, -0.05) is 17.7 Å². The van der Waals surface area contributed by atoms with Crippen molar-refractivity contribution >= 4 is 33.4 Å². The SMILES string of the molecule is CC1OCCC1CNC(=O)c1cccc(Br)c1Cl. The molecule has 5 heteroatoms. The monoisotopic (exact) mass is 331 g/mol. The fourth-order valence-electron chi connectivity index (χ4n) is 2.04. The third-order valence-corrected chi connectivity index (χ3v) is 4.55. The first-order valence-electron chi connectivity index (χ1n) is 5.93. The van der Waals surface area contributed by atoms with Crippen LogP contribution in [0.3, 0.4) is 0 Å². The molecule has 3 nitrogen and oxygen atoms in total. The third kappa shape index (κ3) is 3.05. The first-order valence-corrected chi connectivity index (χ1v) is 7.10. The molecular weight excluding hydrogens is 318 g/mol. The van der Waals surface area contributed by atoms with Crippen molar-refractivity contribution in [3.8, 4) is 0 Å². The van der Waals surface area contributed by atoms with Crippen molar-refractivity contribution in [3.05, 3.63) is 33.3 Å². The lowest BCUT2D eigenvalue weighted by molar-refractivity contribution is 0.0907. The lowest BCUT2D eigenvalue weighted by Crippen LogP contribution is -2.32. The van der Waals surface area contributed by atoms with Crippen molar-refractivity contribution in [2.45, 2.75) is 19.4 Å². The molecule has 1 N–H and O–H groups in total. The molecule has 2 unspecified atom stereocenters. The first-order chi connectivity index (χ1) is 8.59. The van der Waals surface area contributed by atoms with E-state index in [2.05, 4.69) is 21.2 Å².